The molecule has 2 heterocycles. The molecule has 1 N–H and O–H groups in total. The molecule has 1 unspecified atom stereocenters. The first-order valence-electron chi connectivity index (χ1n) is 10.5. The van der Waals surface area contributed by atoms with E-state index < -0.39 is 17.7 Å². The topological polar surface area (TPSA) is 89.0 Å². The molecule has 174 valence electrons. The number of hydrogen-bond donors (Lipinski definition) is 1. The van der Waals surface area contributed by atoms with Gasteiger partial charge in [0.15, 0.2) is 0 Å². The molecule has 1 fully saturated rings. The van der Waals surface area contributed by atoms with Crippen LogP contribution in [0.3, 0.4) is 0 Å². The Labute approximate surface area is 202 Å². The lowest BCUT2D eigenvalue weighted by Gasteiger charge is -2.25. The minimum atomic E-state index is -0.825. The second kappa shape index (κ2) is 9.57. The number of nitrogens with zero attached hydrogens (tertiary/aromatic N) is 2. The van der Waals surface area contributed by atoms with Gasteiger partial charge in [-0.1, -0.05) is 23.7 Å². The number of aromatic nitrogens is 1. The highest BCUT2D eigenvalue weighted by Crippen LogP contribution is 2.43. The number of benzene rings is 2. The van der Waals surface area contributed by atoms with Crippen LogP contribution in [0.1, 0.15) is 28.3 Å². The molecule has 4 rings (SSSR count). The fraction of sp³-hybridized carbons (Fsp3) is 0.192. The average molecular weight is 479 g/mol. The van der Waals surface area contributed by atoms with Gasteiger partial charge in [-0.3, -0.25) is 14.6 Å². The number of likely N-dealkylation sites (tertiary alicyclic amines) is 1. The average Bonchev–Trinajstić information content (AvgIpc) is 3.09. The smallest absolute Gasteiger partial charge is 0.295 e. The van der Waals surface area contributed by atoms with Crippen molar-refractivity contribution in [2.45, 2.75) is 19.5 Å². The predicted octanol–water partition coefficient (Wildman–Crippen LogP) is 4.68. The molecule has 8 heteroatoms. The number of amides is 1. The molecule has 0 bridgehead atoms. The number of pyridine rings is 1. The zero-order valence-corrected chi connectivity index (χ0v) is 19.7. The normalized spacial score (nSPS) is 17.2. The molecular formula is C26H23ClN2O5. The summed E-state index contributed by atoms with van der Waals surface area (Å²) in [5.74, 6) is -0.941. The van der Waals surface area contributed by atoms with Gasteiger partial charge in [-0.15, -0.1) is 0 Å². The summed E-state index contributed by atoms with van der Waals surface area (Å²) < 4.78 is 10.6. The molecule has 7 nitrogen and oxygen atoms in total. The van der Waals surface area contributed by atoms with Crippen molar-refractivity contribution in [2.75, 3.05) is 14.2 Å². The molecule has 1 aliphatic heterocycles. The second-order valence-electron chi connectivity index (χ2n) is 7.88. The molecule has 1 amide bonds. The van der Waals surface area contributed by atoms with Gasteiger partial charge in [0, 0.05) is 18.9 Å². The first-order chi connectivity index (χ1) is 16.3. The molecule has 0 aliphatic carbocycles. The molecule has 0 spiro atoms. The first-order valence-corrected chi connectivity index (χ1v) is 10.9. The number of Topliss-reactive ketones (excluding diaryl/α,β-unsaturated/α-hetero) is 1. The van der Waals surface area contributed by atoms with Gasteiger partial charge in [0.25, 0.3) is 11.7 Å². The molecular weight excluding hydrogens is 456 g/mol. The maximum absolute atomic E-state index is 13.3. The first kappa shape index (κ1) is 23.3. The van der Waals surface area contributed by atoms with E-state index in [-0.39, 0.29) is 34.2 Å². The second-order valence-corrected chi connectivity index (χ2v) is 8.29. The minimum Gasteiger partial charge on any atom is -0.507 e. The number of ether oxygens (including phenoxy) is 2. The van der Waals surface area contributed by atoms with E-state index in [9.17, 15) is 14.7 Å². The molecule has 1 aromatic heterocycles. The lowest BCUT2D eigenvalue weighted by Crippen LogP contribution is -2.29. The van der Waals surface area contributed by atoms with Crippen molar-refractivity contribution in [2.24, 2.45) is 0 Å². The van der Waals surface area contributed by atoms with Crippen LogP contribution in [0.15, 0.2) is 66.5 Å². The molecule has 1 aliphatic rings. The molecule has 1 atom stereocenters. The van der Waals surface area contributed by atoms with Crippen molar-refractivity contribution in [3.63, 3.8) is 0 Å². The van der Waals surface area contributed by atoms with Crippen molar-refractivity contribution in [1.82, 2.24) is 9.88 Å². The van der Waals surface area contributed by atoms with Crippen LogP contribution in [-0.4, -0.2) is 40.9 Å². The zero-order valence-electron chi connectivity index (χ0n) is 18.9. The standard InChI is InChI=1S/C26H23ClN2O5/c1-15-12-19(25(34-3)20(27)13-15)23(30)21-22(17-8-10-28-11-9-17)29(26(32)24(21)31)14-16-4-6-18(33-2)7-5-16/h4-13,22,30H,14H2,1-3H3/b23-21+. The van der Waals surface area contributed by atoms with Crippen LogP contribution in [0.4, 0.5) is 0 Å². The van der Waals surface area contributed by atoms with Gasteiger partial charge in [0.1, 0.15) is 17.3 Å². The largest absolute Gasteiger partial charge is 0.507 e. The summed E-state index contributed by atoms with van der Waals surface area (Å²) >= 11 is 6.33. The van der Waals surface area contributed by atoms with Crippen LogP contribution in [0.25, 0.3) is 5.76 Å². The van der Waals surface area contributed by atoms with E-state index in [0.717, 1.165) is 11.1 Å². The van der Waals surface area contributed by atoms with E-state index in [1.807, 2.05) is 19.1 Å². The Morgan fingerprint density at radius 3 is 2.35 bits per heavy atom. The van der Waals surface area contributed by atoms with E-state index in [1.165, 1.54) is 12.0 Å². The number of aliphatic hydroxyl groups excluding tert-OH is 1. The number of ketones is 1. The number of rotatable bonds is 6. The highest BCUT2D eigenvalue weighted by molar-refractivity contribution is 6.46. The predicted molar refractivity (Wildman–Crippen MR) is 128 cm³/mol. The molecule has 1 saturated heterocycles. The molecule has 0 radical (unpaired) electrons. The van der Waals surface area contributed by atoms with Crippen molar-refractivity contribution >= 4 is 29.1 Å². The Morgan fingerprint density at radius 2 is 1.74 bits per heavy atom. The number of aryl methyl sites for hydroxylation is 1. The van der Waals surface area contributed by atoms with E-state index in [1.54, 1.807) is 55.9 Å². The number of halogens is 1. The molecule has 2 aromatic carbocycles. The molecule has 0 saturated carbocycles. The van der Waals surface area contributed by atoms with Gasteiger partial charge in [-0.2, -0.15) is 0 Å². The monoisotopic (exact) mass is 478 g/mol. The van der Waals surface area contributed by atoms with Crippen LogP contribution < -0.4 is 9.47 Å². The molecule has 3 aromatic rings. The van der Waals surface area contributed by atoms with Crippen molar-refractivity contribution in [1.29, 1.82) is 0 Å². The molecule has 34 heavy (non-hydrogen) atoms. The summed E-state index contributed by atoms with van der Waals surface area (Å²) in [7, 11) is 3.00. The van der Waals surface area contributed by atoms with Crippen LogP contribution in [0.5, 0.6) is 11.5 Å². The number of carbonyl (C=O) groups excluding carboxylic acids is 2. The Hall–Kier alpha value is -3.84. The Balaban J connectivity index is 1.88. The van der Waals surface area contributed by atoms with Crippen molar-refractivity contribution in [3.8, 4) is 11.5 Å². The summed E-state index contributed by atoms with van der Waals surface area (Å²) in [6.45, 7) is 1.97. The zero-order chi connectivity index (χ0) is 24.4. The van der Waals surface area contributed by atoms with Gasteiger partial charge >= 0.3 is 0 Å². The lowest BCUT2D eigenvalue weighted by atomic mass is 9.95. The van der Waals surface area contributed by atoms with E-state index >= 15 is 0 Å². The van der Waals surface area contributed by atoms with E-state index in [0.29, 0.717) is 11.3 Å². The fourth-order valence-electron chi connectivity index (χ4n) is 4.12. The summed E-state index contributed by atoms with van der Waals surface area (Å²) in [6.07, 6.45) is 3.15. The van der Waals surface area contributed by atoms with E-state index in [4.69, 9.17) is 21.1 Å². The summed E-state index contributed by atoms with van der Waals surface area (Å²) in [6, 6.07) is 13.2. The van der Waals surface area contributed by atoms with Crippen LogP contribution in [0.2, 0.25) is 5.02 Å². The van der Waals surface area contributed by atoms with Gasteiger partial charge < -0.3 is 19.5 Å². The van der Waals surface area contributed by atoms with Crippen LogP contribution in [0, 0.1) is 6.92 Å². The Morgan fingerprint density at radius 1 is 1.06 bits per heavy atom. The van der Waals surface area contributed by atoms with Crippen molar-refractivity contribution in [3.05, 3.63) is 93.8 Å². The quantitative estimate of drug-likeness (QED) is 0.314. The minimum absolute atomic E-state index is 0.0373. The van der Waals surface area contributed by atoms with Gasteiger partial charge in [0.2, 0.25) is 0 Å². The highest BCUT2D eigenvalue weighted by Gasteiger charge is 2.46. The summed E-state index contributed by atoms with van der Waals surface area (Å²) in [5.41, 5.74) is 2.42. The van der Waals surface area contributed by atoms with Gasteiger partial charge in [0.05, 0.1) is 36.4 Å². The number of methoxy groups -OCH3 is 2. The summed E-state index contributed by atoms with van der Waals surface area (Å²) in [5, 5.41) is 11.7. The van der Waals surface area contributed by atoms with Crippen LogP contribution in [-0.2, 0) is 16.1 Å². The number of hydrogen-bond acceptors (Lipinski definition) is 6. The lowest BCUT2D eigenvalue weighted by molar-refractivity contribution is -0.140. The van der Waals surface area contributed by atoms with Crippen LogP contribution >= 0.6 is 11.6 Å². The third-order valence-corrected chi connectivity index (χ3v) is 6.00. The third-order valence-electron chi connectivity index (χ3n) is 5.72. The maximum Gasteiger partial charge on any atom is 0.295 e. The van der Waals surface area contributed by atoms with Gasteiger partial charge in [-0.25, -0.2) is 0 Å². The Bertz CT molecular complexity index is 1270. The SMILES string of the molecule is COc1ccc(CN2C(=O)C(=O)/C(=C(/O)c3cc(C)cc(Cl)c3OC)C2c2ccncc2)cc1. The highest BCUT2D eigenvalue weighted by atomic mass is 35.5. The maximum atomic E-state index is 13.3. The number of aliphatic hydroxyl groups is 1. The summed E-state index contributed by atoms with van der Waals surface area (Å²) in [4.78, 5) is 31.9. The fourth-order valence-corrected chi connectivity index (χ4v) is 4.47. The van der Waals surface area contributed by atoms with Crippen molar-refractivity contribution < 1.29 is 24.2 Å². The Kier molecular flexibility index (Phi) is 6.56. The van der Waals surface area contributed by atoms with Gasteiger partial charge in [-0.05, 0) is 60.0 Å². The third kappa shape index (κ3) is 4.22. The number of carbonyl (C=O) groups is 2. The van der Waals surface area contributed by atoms with E-state index in [2.05, 4.69) is 4.98 Å².